The normalized spacial score (nSPS) is 11.4. The van der Waals surface area contributed by atoms with Gasteiger partial charge in [0.1, 0.15) is 46.1 Å². The van der Waals surface area contributed by atoms with Gasteiger partial charge in [-0.2, -0.15) is 39.5 Å². The van der Waals surface area contributed by atoms with Crippen LogP contribution in [0.15, 0.2) is 244 Å². The Morgan fingerprint density at radius 1 is 0.379 bits per heavy atom. The van der Waals surface area contributed by atoms with Crippen LogP contribution in [0.4, 0.5) is 48.3 Å². The Morgan fingerprint density at radius 2 is 0.752 bits per heavy atom. The standard InChI is InChI=1S/C24H29N3O2.C23H26ClN3O.C22H21F4N3O.C21H21F3N4O.C20H18F4N4O/c1-5-29-16-22-15-27(26-25-22)23-10-7-19(8-11-23)12-24(28)14-21-13-20(17(2)3)9-6-18(21)4;1-16(2)7-10-20-15-27(26-25-20)21-11-8-18(9-12-21)13-22(28)14-19-5-4-6-23(24)17(19)3;1-2-3-7-17-14-29(28-27-17)21-10-9-15(12-20(21)23)11-18(30)13-16-6-4-5-8-19(16)22(24,25)26;1-2-3-7-17-14-28(27-26-17)20-10-9-15(13-25-20)11-18(29)12-16-6-4-5-8-19(16)21(22,23)24;21-9-3-5-16-13-28(27-26-16)19-8-7-14(12-25-19)10-17(29)11-15-4-1-2-6-18(15)20(22,23)24/h6-11,13,15,17H,5,12,14,16H2,1-4H3;4-6,8-9,11-12,15-16H,7,10,13-14H2,1-3H3;4-6,8-10,12,14H,2-3,7,11,13H2,1H3;4-6,8-10,13-14H,2-3,7,11-12H2,1H3;1-2,4,6-8,12-13H,3,5,9-11H2. The van der Waals surface area contributed by atoms with Gasteiger partial charge in [-0.25, -0.2) is 37.8 Å². The lowest BCUT2D eigenvalue weighted by Crippen LogP contribution is -2.14. The van der Waals surface area contributed by atoms with Gasteiger partial charge in [0.05, 0.1) is 95.1 Å². The molecule has 0 aliphatic carbocycles. The van der Waals surface area contributed by atoms with Crippen LogP contribution in [0.3, 0.4) is 0 Å². The van der Waals surface area contributed by atoms with Crippen molar-refractivity contribution in [3.05, 3.63) is 372 Å². The zero-order valence-electron chi connectivity index (χ0n) is 82.1. The maximum absolute atomic E-state index is 14.5. The first-order valence-electron chi connectivity index (χ1n) is 47.8. The Labute approximate surface area is 839 Å². The molecule has 0 fully saturated rings. The van der Waals surface area contributed by atoms with Gasteiger partial charge in [-0.15, -0.1) is 25.5 Å². The molecule has 8 aromatic carbocycles. The molecule has 15 rings (SSSR count). The summed E-state index contributed by atoms with van der Waals surface area (Å²) in [6.45, 7) is 19.6. The number of ketones is 5. The summed E-state index contributed by atoms with van der Waals surface area (Å²) >= 11 is 6.15. The van der Waals surface area contributed by atoms with Crippen LogP contribution in [0.1, 0.15) is 210 Å². The number of hydrogen-bond donors (Lipinski definition) is 0. The van der Waals surface area contributed by atoms with Crippen molar-refractivity contribution < 1.29 is 77.0 Å². The van der Waals surface area contributed by atoms with Crippen molar-refractivity contribution >= 4 is 40.5 Å². The summed E-state index contributed by atoms with van der Waals surface area (Å²) in [5.41, 5.74) is 12.8. The summed E-state index contributed by atoms with van der Waals surface area (Å²) in [6.07, 6.45) is 7.60. The number of benzene rings is 8. The molecule has 0 saturated carbocycles. The van der Waals surface area contributed by atoms with Crippen molar-refractivity contribution in [1.82, 2.24) is 84.9 Å². The second-order valence-corrected chi connectivity index (χ2v) is 36.2. The summed E-state index contributed by atoms with van der Waals surface area (Å²) in [5.74, 6) is 0.895. The molecule has 0 bridgehead atoms. The first kappa shape index (κ1) is 111. The van der Waals surface area contributed by atoms with Gasteiger partial charge in [-0.3, -0.25) is 28.4 Å². The first-order valence-corrected chi connectivity index (χ1v) is 48.2. The number of aryl methyl sites for hydroxylation is 5. The van der Waals surface area contributed by atoms with E-state index in [0.29, 0.717) is 103 Å². The third-order valence-corrected chi connectivity index (χ3v) is 23.8. The number of carbonyl (C=O) groups is 5. The fourth-order valence-corrected chi connectivity index (χ4v) is 15.6. The van der Waals surface area contributed by atoms with E-state index in [1.165, 1.54) is 99.6 Å². The fourth-order valence-electron chi connectivity index (χ4n) is 15.4. The van der Waals surface area contributed by atoms with E-state index in [9.17, 15) is 72.3 Å². The molecule has 7 aromatic heterocycles. The van der Waals surface area contributed by atoms with Gasteiger partial charge in [0.2, 0.25) is 0 Å². The summed E-state index contributed by atoms with van der Waals surface area (Å²) in [6, 6.07) is 54.1. The number of aromatic nitrogens is 17. The number of nitrogens with zero attached hydrogens (tertiary/aromatic N) is 17. The lowest BCUT2D eigenvalue weighted by atomic mass is 9.94. The zero-order valence-corrected chi connectivity index (χ0v) is 82.9. The van der Waals surface area contributed by atoms with Gasteiger partial charge in [-0.1, -0.05) is 219 Å². The van der Waals surface area contributed by atoms with E-state index in [2.05, 4.69) is 128 Å². The quantitative estimate of drug-likeness (QED) is 0.0322. The minimum absolute atomic E-state index is 0.0125. The molecule has 7 heterocycles. The number of halogens is 12. The second-order valence-electron chi connectivity index (χ2n) is 35.8. The van der Waals surface area contributed by atoms with Gasteiger partial charge in [0, 0.05) is 88.2 Å². The largest absolute Gasteiger partial charge is 0.416 e. The topological polar surface area (TPSA) is 274 Å². The Balaban J connectivity index is 0.000000173. The molecule has 145 heavy (non-hydrogen) atoms. The van der Waals surface area contributed by atoms with Crippen molar-refractivity contribution in [3.8, 4) is 28.7 Å². The highest BCUT2D eigenvalue weighted by Crippen LogP contribution is 2.36. The van der Waals surface area contributed by atoms with Gasteiger partial charge in [0.25, 0.3) is 0 Å². The molecule has 0 atom stereocenters. The van der Waals surface area contributed by atoms with E-state index in [-0.39, 0.29) is 84.0 Å². The summed E-state index contributed by atoms with van der Waals surface area (Å²) in [4.78, 5) is 70.5. The van der Waals surface area contributed by atoms with Crippen molar-refractivity contribution in [1.29, 1.82) is 0 Å². The number of hydrogen-bond acceptors (Lipinski definition) is 18. The molecule has 35 heteroatoms. The summed E-state index contributed by atoms with van der Waals surface area (Å²) < 4.78 is 158. The number of unbranched alkanes of at least 4 members (excludes halogenated alkanes) is 2. The molecule has 0 saturated heterocycles. The zero-order chi connectivity index (χ0) is 104. The Kier molecular flexibility index (Phi) is 41.2. The fraction of sp³-hybridized carbons (Fsp3) is 0.336. The second kappa shape index (κ2) is 53.8. The molecular weight excluding hydrogens is 1900 g/mol. The van der Waals surface area contributed by atoms with Crippen LogP contribution in [-0.2, 0) is 144 Å². The van der Waals surface area contributed by atoms with Gasteiger partial charge >= 0.3 is 18.5 Å². The number of Topliss-reactive ketones (excluding diaryl/α,β-unsaturated/α-hetero) is 5. The number of alkyl halides is 10. The maximum Gasteiger partial charge on any atom is 0.416 e. The minimum atomic E-state index is -4.53. The van der Waals surface area contributed by atoms with E-state index in [4.69, 9.17) is 16.3 Å². The highest BCUT2D eigenvalue weighted by molar-refractivity contribution is 6.31. The molecule has 15 aromatic rings. The Bertz CT molecular complexity index is 6570. The number of rotatable bonds is 41. The van der Waals surface area contributed by atoms with Crippen molar-refractivity contribution in [2.45, 2.75) is 222 Å². The van der Waals surface area contributed by atoms with Gasteiger partial charge in [-0.05, 0) is 229 Å². The molecule has 0 spiro atoms. The number of pyridine rings is 2. The highest BCUT2D eigenvalue weighted by atomic mass is 35.5. The van der Waals surface area contributed by atoms with Crippen molar-refractivity contribution in [3.63, 3.8) is 0 Å². The van der Waals surface area contributed by atoms with Gasteiger partial charge in [0.15, 0.2) is 11.6 Å². The number of carbonyl (C=O) groups excluding carboxylic acids is 5. The predicted octanol–water partition coefficient (Wildman–Crippen LogP) is 23.2. The SMILES string of the molecule is CCCCc1cn(-c2ccc(CC(=O)Cc3ccccc3C(F)(F)F)cc2F)nn1.CCCCc1cn(-c2ccc(CC(=O)Cc3ccccc3C(F)(F)F)cn2)nn1.CCOCc1cn(-c2ccc(CC(=O)Cc3cc(C(C)C)ccc3C)cc2)nn1.Cc1c(Cl)cccc1CC(=O)Cc1ccc(-n2cc(CCC(C)C)nn2)cc1.O=C(Cc1ccc(-n2cc(CCCF)nn2)nc1)Cc1ccccc1C(F)(F)F. The van der Waals surface area contributed by atoms with Crippen LogP contribution in [0.25, 0.3) is 28.7 Å². The van der Waals surface area contributed by atoms with Crippen LogP contribution >= 0.6 is 11.6 Å². The third-order valence-electron chi connectivity index (χ3n) is 23.4. The maximum atomic E-state index is 14.5. The molecule has 23 nitrogen and oxygen atoms in total. The van der Waals surface area contributed by atoms with E-state index in [0.717, 1.165) is 132 Å². The minimum Gasteiger partial charge on any atom is -0.375 e. The average Bonchev–Trinajstić information content (AvgIpc) is 1.43. The molecule has 0 amide bonds. The van der Waals surface area contributed by atoms with Crippen molar-refractivity contribution in [2.24, 2.45) is 5.92 Å². The van der Waals surface area contributed by atoms with Crippen LogP contribution in [0.5, 0.6) is 0 Å². The molecule has 0 aliphatic rings. The lowest BCUT2D eigenvalue weighted by molar-refractivity contribution is -0.139. The van der Waals surface area contributed by atoms with Crippen LogP contribution in [0, 0.1) is 25.6 Å². The average molecular weight is 2020 g/mol. The lowest BCUT2D eigenvalue weighted by Gasteiger charge is -2.12. The molecule has 0 radical (unpaired) electrons. The molecule has 760 valence electrons. The van der Waals surface area contributed by atoms with E-state index >= 15 is 0 Å². The Hall–Kier alpha value is -14.4. The summed E-state index contributed by atoms with van der Waals surface area (Å²) in [7, 11) is 0. The van der Waals surface area contributed by atoms with Crippen LogP contribution in [-0.4, -0.2) is 127 Å². The molecule has 0 unspecified atom stereocenters. The number of ether oxygens (including phenoxy) is 1. The third kappa shape index (κ3) is 34.7. The predicted molar refractivity (Wildman–Crippen MR) is 530 cm³/mol. The van der Waals surface area contributed by atoms with Gasteiger partial charge < -0.3 is 4.74 Å². The Morgan fingerprint density at radius 3 is 1.17 bits per heavy atom. The molecule has 0 N–H and O–H groups in total. The van der Waals surface area contributed by atoms with Crippen LogP contribution < -0.4 is 0 Å². The van der Waals surface area contributed by atoms with Crippen molar-refractivity contribution in [2.75, 3.05) is 13.3 Å². The summed E-state index contributed by atoms with van der Waals surface area (Å²) in [5, 5.41) is 41.4. The van der Waals surface area contributed by atoms with E-state index in [1.54, 1.807) is 56.8 Å². The first-order chi connectivity index (χ1) is 69.4. The monoisotopic (exact) mass is 2010 g/mol. The molecular formula is C110H115ClF11N17O6. The smallest absolute Gasteiger partial charge is 0.375 e. The highest BCUT2D eigenvalue weighted by Gasteiger charge is 2.36. The van der Waals surface area contributed by atoms with E-state index < -0.39 is 53.5 Å². The molecule has 0 aliphatic heterocycles. The van der Waals surface area contributed by atoms with E-state index in [1.807, 2.05) is 99.2 Å². The van der Waals surface area contributed by atoms with Crippen LogP contribution in [0.2, 0.25) is 5.02 Å².